The zero-order chi connectivity index (χ0) is 22.1. The number of phenolic OH excluding ortho intramolecular Hbond substituents is 1. The summed E-state index contributed by atoms with van der Waals surface area (Å²) in [5.41, 5.74) is 3.71. The molecule has 3 aliphatic rings. The van der Waals surface area contributed by atoms with Gasteiger partial charge in [-0.15, -0.1) is 0 Å². The minimum absolute atomic E-state index is 0.103. The van der Waals surface area contributed by atoms with Gasteiger partial charge in [-0.1, -0.05) is 43.2 Å². The van der Waals surface area contributed by atoms with E-state index in [1.165, 1.54) is 36.8 Å². The van der Waals surface area contributed by atoms with Crippen molar-refractivity contribution < 1.29 is 14.6 Å². The Labute approximate surface area is 192 Å². The van der Waals surface area contributed by atoms with E-state index in [0.717, 1.165) is 43.4 Å². The molecule has 2 aromatic carbocycles. The predicted molar refractivity (Wildman–Crippen MR) is 127 cm³/mol. The SMILES string of the molecule is CC(CCCc1ccccc1)Oc1cc(O)c2c(c1)[C@H]1CCCC[C@H]1[C@H]1CCC(=O)C[C@H]21. The standard InChI is InChI=1S/C29H36O3/c1-19(8-7-11-20-9-3-2-4-10-20)32-22-17-27-24-13-6-5-12-23(24)25-15-14-21(30)16-26(25)29(27)28(31)18-22/h2-4,9-10,17-19,23-26,31H,5-8,11-16H2,1H3/t19?,23-,24+,25-,26+/m1/s1. The fourth-order valence-corrected chi connectivity index (χ4v) is 6.86. The molecule has 0 radical (unpaired) electrons. The summed E-state index contributed by atoms with van der Waals surface area (Å²) in [5.74, 6) is 3.42. The number of hydrogen-bond donors (Lipinski definition) is 1. The minimum atomic E-state index is 0.103. The largest absolute Gasteiger partial charge is 0.508 e. The van der Waals surface area contributed by atoms with Crippen LogP contribution >= 0.6 is 0 Å². The zero-order valence-corrected chi connectivity index (χ0v) is 19.3. The summed E-state index contributed by atoms with van der Waals surface area (Å²) < 4.78 is 6.31. The van der Waals surface area contributed by atoms with Crippen LogP contribution in [0.2, 0.25) is 0 Å². The van der Waals surface area contributed by atoms with Crippen LogP contribution in [-0.2, 0) is 11.2 Å². The van der Waals surface area contributed by atoms with Crippen molar-refractivity contribution in [3.05, 3.63) is 59.2 Å². The second kappa shape index (κ2) is 9.29. The van der Waals surface area contributed by atoms with E-state index in [1.807, 2.05) is 6.07 Å². The van der Waals surface area contributed by atoms with Crippen LogP contribution in [0.15, 0.2) is 42.5 Å². The maximum Gasteiger partial charge on any atom is 0.133 e. The van der Waals surface area contributed by atoms with Crippen molar-refractivity contribution in [1.82, 2.24) is 0 Å². The van der Waals surface area contributed by atoms with Crippen LogP contribution in [0.1, 0.15) is 93.2 Å². The molecule has 0 amide bonds. The Morgan fingerprint density at radius 1 is 1.03 bits per heavy atom. The smallest absolute Gasteiger partial charge is 0.133 e. The van der Waals surface area contributed by atoms with Crippen molar-refractivity contribution in [2.24, 2.45) is 11.8 Å². The first-order valence-corrected chi connectivity index (χ1v) is 12.7. The molecule has 1 unspecified atom stereocenters. The molecule has 0 spiro atoms. The second-order valence-corrected chi connectivity index (χ2v) is 10.4. The van der Waals surface area contributed by atoms with Gasteiger partial charge in [-0.2, -0.15) is 0 Å². The lowest BCUT2D eigenvalue weighted by atomic mass is 9.55. The van der Waals surface area contributed by atoms with Crippen LogP contribution in [0.3, 0.4) is 0 Å². The lowest BCUT2D eigenvalue weighted by Gasteiger charge is -2.48. The molecule has 3 nitrogen and oxygen atoms in total. The molecule has 3 heteroatoms. The molecule has 2 fully saturated rings. The van der Waals surface area contributed by atoms with E-state index in [9.17, 15) is 9.90 Å². The van der Waals surface area contributed by atoms with Gasteiger partial charge in [0.05, 0.1) is 6.10 Å². The van der Waals surface area contributed by atoms with Gasteiger partial charge in [0.1, 0.15) is 17.3 Å². The first kappa shape index (κ1) is 21.6. The molecular formula is C29H36O3. The Bertz CT molecular complexity index is 950. The molecule has 0 aromatic heterocycles. The highest BCUT2D eigenvalue weighted by atomic mass is 16.5. The monoisotopic (exact) mass is 432 g/mol. The van der Waals surface area contributed by atoms with Gasteiger partial charge in [0.25, 0.3) is 0 Å². The van der Waals surface area contributed by atoms with E-state index >= 15 is 0 Å². The number of hydrogen-bond acceptors (Lipinski definition) is 3. The van der Waals surface area contributed by atoms with Gasteiger partial charge >= 0.3 is 0 Å². The van der Waals surface area contributed by atoms with Crippen LogP contribution in [0.5, 0.6) is 11.5 Å². The van der Waals surface area contributed by atoms with Gasteiger partial charge in [-0.3, -0.25) is 4.79 Å². The number of Topliss-reactive ketones (excluding diaryl/α,β-unsaturated/α-hetero) is 1. The number of aryl methyl sites for hydroxylation is 1. The average molecular weight is 433 g/mol. The van der Waals surface area contributed by atoms with Crippen LogP contribution in [-0.4, -0.2) is 17.0 Å². The number of ether oxygens (including phenoxy) is 1. The van der Waals surface area contributed by atoms with Crippen LogP contribution in [0.4, 0.5) is 0 Å². The number of rotatable bonds is 6. The van der Waals surface area contributed by atoms with Crippen molar-refractivity contribution in [3.8, 4) is 11.5 Å². The third-order valence-electron chi connectivity index (χ3n) is 8.28. The summed E-state index contributed by atoms with van der Waals surface area (Å²) in [4.78, 5) is 12.3. The van der Waals surface area contributed by atoms with Crippen LogP contribution < -0.4 is 4.74 Å². The highest BCUT2D eigenvalue weighted by Crippen LogP contribution is 2.58. The molecule has 2 saturated carbocycles. The number of carbonyl (C=O) groups is 1. The fourth-order valence-electron chi connectivity index (χ4n) is 6.86. The average Bonchev–Trinajstić information content (AvgIpc) is 2.79. The Balaban J connectivity index is 1.33. The number of aromatic hydroxyl groups is 1. The summed E-state index contributed by atoms with van der Waals surface area (Å²) in [6.45, 7) is 2.13. The molecule has 5 rings (SSSR count). The lowest BCUT2D eigenvalue weighted by Crippen LogP contribution is -2.38. The molecule has 170 valence electrons. The highest BCUT2D eigenvalue weighted by molar-refractivity contribution is 5.81. The molecule has 2 aromatic rings. The zero-order valence-electron chi connectivity index (χ0n) is 19.3. The van der Waals surface area contributed by atoms with Crippen molar-refractivity contribution in [3.63, 3.8) is 0 Å². The minimum Gasteiger partial charge on any atom is -0.508 e. The molecule has 3 aliphatic carbocycles. The van der Waals surface area contributed by atoms with E-state index in [-0.39, 0.29) is 12.0 Å². The van der Waals surface area contributed by atoms with Gasteiger partial charge in [0.2, 0.25) is 0 Å². The molecule has 0 heterocycles. The Morgan fingerprint density at radius 3 is 2.66 bits per heavy atom. The molecule has 0 aliphatic heterocycles. The number of ketones is 1. The first-order valence-electron chi connectivity index (χ1n) is 12.7. The molecule has 0 saturated heterocycles. The quantitative estimate of drug-likeness (QED) is 0.539. The van der Waals surface area contributed by atoms with E-state index < -0.39 is 0 Å². The maximum absolute atomic E-state index is 12.3. The van der Waals surface area contributed by atoms with Gasteiger partial charge in [0, 0.05) is 24.5 Å². The third-order valence-corrected chi connectivity index (χ3v) is 8.28. The number of phenols is 1. The molecule has 1 N–H and O–H groups in total. The van der Waals surface area contributed by atoms with E-state index in [0.29, 0.717) is 35.7 Å². The van der Waals surface area contributed by atoms with Crippen molar-refractivity contribution >= 4 is 5.78 Å². The van der Waals surface area contributed by atoms with E-state index in [4.69, 9.17) is 4.74 Å². The Kier molecular flexibility index (Phi) is 6.26. The summed E-state index contributed by atoms with van der Waals surface area (Å²) in [5, 5.41) is 11.1. The van der Waals surface area contributed by atoms with Crippen molar-refractivity contribution in [2.75, 3.05) is 0 Å². The van der Waals surface area contributed by atoms with Crippen LogP contribution in [0.25, 0.3) is 0 Å². The maximum atomic E-state index is 12.3. The number of carbonyl (C=O) groups excluding carboxylic acids is 1. The summed E-state index contributed by atoms with van der Waals surface area (Å²) in [7, 11) is 0. The predicted octanol–water partition coefficient (Wildman–Crippen LogP) is 6.92. The van der Waals surface area contributed by atoms with Crippen molar-refractivity contribution in [1.29, 1.82) is 0 Å². The van der Waals surface area contributed by atoms with Gasteiger partial charge in [-0.05, 0) is 86.3 Å². The van der Waals surface area contributed by atoms with Gasteiger partial charge in [0.15, 0.2) is 0 Å². The first-order chi connectivity index (χ1) is 15.6. The summed E-state index contributed by atoms with van der Waals surface area (Å²) in [6.07, 6.45) is 10.6. The fraction of sp³-hybridized carbons (Fsp3) is 0.552. The molecule has 5 atom stereocenters. The third kappa shape index (κ3) is 4.31. The lowest BCUT2D eigenvalue weighted by molar-refractivity contribution is -0.122. The summed E-state index contributed by atoms with van der Waals surface area (Å²) >= 11 is 0. The highest BCUT2D eigenvalue weighted by Gasteiger charge is 2.47. The van der Waals surface area contributed by atoms with E-state index in [2.05, 4.69) is 43.3 Å². The molecule has 0 bridgehead atoms. The summed E-state index contributed by atoms with van der Waals surface area (Å²) in [6, 6.07) is 14.6. The van der Waals surface area contributed by atoms with Crippen LogP contribution in [0, 0.1) is 11.8 Å². The number of fused-ring (bicyclic) bond motifs is 6. The van der Waals surface area contributed by atoms with Gasteiger partial charge < -0.3 is 9.84 Å². The van der Waals surface area contributed by atoms with Crippen molar-refractivity contribution in [2.45, 2.75) is 89.1 Å². The topological polar surface area (TPSA) is 46.5 Å². The number of benzene rings is 2. The Hall–Kier alpha value is -2.29. The molecule has 32 heavy (non-hydrogen) atoms. The van der Waals surface area contributed by atoms with Gasteiger partial charge in [-0.25, -0.2) is 0 Å². The Morgan fingerprint density at radius 2 is 1.81 bits per heavy atom. The second-order valence-electron chi connectivity index (χ2n) is 10.4. The molecular weight excluding hydrogens is 396 g/mol. The van der Waals surface area contributed by atoms with E-state index in [1.54, 1.807) is 0 Å². The normalized spacial score (nSPS) is 27.7.